The van der Waals surface area contributed by atoms with Crippen molar-refractivity contribution in [3.63, 3.8) is 0 Å². The number of oxime groups is 1. The summed E-state index contributed by atoms with van der Waals surface area (Å²) in [5, 5.41) is 4.18. The molecule has 1 aromatic carbocycles. The van der Waals surface area contributed by atoms with Gasteiger partial charge in [-0.1, -0.05) is 31.6 Å². The summed E-state index contributed by atoms with van der Waals surface area (Å²) in [4.78, 5) is 21.2. The SMILES string of the molecule is C=CC(=NOC(=C)N1CCC(C2CC2CCOc2ccc(CC(=O)N3CC(F)C3)c(F)c2)CC1)C(C)C. The standard InChI is InChI=1S/C29H39F2N3O3/c1-5-28(19(2)3)32-37-20(4)33-11-8-21(9-12-33)26-14-22(26)10-13-36-25-7-6-23(27(31)16-25)15-29(35)34-17-24(30)18-34/h5-7,16,19,21-22,24,26H,1,4,8-15,17-18H2,2-3H3. The number of carbonyl (C=O) groups is 1. The maximum Gasteiger partial charge on any atom is 0.227 e. The van der Waals surface area contributed by atoms with Crippen LogP contribution in [0, 0.1) is 29.5 Å². The molecule has 1 aliphatic carbocycles. The maximum absolute atomic E-state index is 14.5. The van der Waals surface area contributed by atoms with Gasteiger partial charge in [0, 0.05) is 19.2 Å². The number of halogens is 2. The van der Waals surface area contributed by atoms with E-state index in [-0.39, 0.29) is 31.3 Å². The van der Waals surface area contributed by atoms with Gasteiger partial charge in [0.25, 0.3) is 0 Å². The molecule has 0 bridgehead atoms. The minimum Gasteiger partial charge on any atom is -0.493 e. The zero-order valence-corrected chi connectivity index (χ0v) is 22.0. The fourth-order valence-corrected chi connectivity index (χ4v) is 5.29. The van der Waals surface area contributed by atoms with Gasteiger partial charge in [0.15, 0.2) is 0 Å². The maximum atomic E-state index is 14.5. The average Bonchev–Trinajstić information content (AvgIpc) is 3.63. The van der Waals surface area contributed by atoms with Crippen LogP contribution < -0.4 is 4.74 Å². The highest BCUT2D eigenvalue weighted by atomic mass is 19.1. The van der Waals surface area contributed by atoms with Crippen LogP contribution in [0.5, 0.6) is 5.75 Å². The monoisotopic (exact) mass is 515 g/mol. The van der Waals surface area contributed by atoms with E-state index in [0.717, 1.165) is 44.0 Å². The first-order valence-electron chi connectivity index (χ1n) is 13.4. The summed E-state index contributed by atoms with van der Waals surface area (Å²) in [6, 6.07) is 4.64. The van der Waals surface area contributed by atoms with Crippen molar-refractivity contribution < 1.29 is 23.1 Å². The zero-order chi connectivity index (χ0) is 26.5. The van der Waals surface area contributed by atoms with E-state index in [1.807, 2.05) is 13.8 Å². The number of piperidine rings is 1. The second-order valence-corrected chi connectivity index (χ2v) is 10.8. The molecule has 2 heterocycles. The molecule has 2 saturated heterocycles. The molecule has 0 radical (unpaired) electrons. The summed E-state index contributed by atoms with van der Waals surface area (Å²) in [5.74, 6) is 2.70. The minimum atomic E-state index is -0.955. The molecule has 37 heavy (non-hydrogen) atoms. The number of hydrogen-bond acceptors (Lipinski definition) is 5. The molecule has 1 amide bonds. The van der Waals surface area contributed by atoms with Gasteiger partial charge in [-0.15, -0.1) is 0 Å². The van der Waals surface area contributed by atoms with Crippen LogP contribution >= 0.6 is 0 Å². The highest BCUT2D eigenvalue weighted by Crippen LogP contribution is 2.50. The molecule has 0 spiro atoms. The van der Waals surface area contributed by atoms with Crippen molar-refractivity contribution in [1.82, 2.24) is 9.80 Å². The van der Waals surface area contributed by atoms with Crippen molar-refractivity contribution in [3.05, 3.63) is 54.7 Å². The third-order valence-corrected chi connectivity index (χ3v) is 7.85. The molecule has 1 saturated carbocycles. The van der Waals surface area contributed by atoms with E-state index in [2.05, 4.69) is 23.2 Å². The Morgan fingerprint density at radius 3 is 2.59 bits per heavy atom. The van der Waals surface area contributed by atoms with Crippen molar-refractivity contribution in [2.45, 2.75) is 52.1 Å². The molecule has 2 atom stereocenters. The Balaban J connectivity index is 1.13. The second kappa shape index (κ2) is 12.1. The molecule has 2 aliphatic heterocycles. The first kappa shape index (κ1) is 27.1. The molecule has 202 valence electrons. The molecule has 3 fully saturated rings. The Morgan fingerprint density at radius 2 is 1.97 bits per heavy atom. The zero-order valence-electron chi connectivity index (χ0n) is 22.0. The lowest BCUT2D eigenvalue weighted by Gasteiger charge is -2.34. The molecule has 3 aliphatic rings. The highest BCUT2D eigenvalue weighted by Gasteiger charge is 2.43. The third kappa shape index (κ3) is 7.11. The number of hydrogen-bond donors (Lipinski definition) is 0. The van der Waals surface area contributed by atoms with E-state index in [1.165, 1.54) is 17.4 Å². The van der Waals surface area contributed by atoms with Crippen molar-refractivity contribution >= 4 is 11.6 Å². The number of ether oxygens (including phenoxy) is 1. The number of benzene rings is 1. The topological polar surface area (TPSA) is 54.4 Å². The summed E-state index contributed by atoms with van der Waals surface area (Å²) in [5.41, 5.74) is 1.13. The Labute approximate surface area is 219 Å². The number of amides is 1. The van der Waals surface area contributed by atoms with Gasteiger partial charge in [0.05, 0.1) is 31.8 Å². The van der Waals surface area contributed by atoms with Crippen LogP contribution in [0.15, 0.2) is 48.5 Å². The lowest BCUT2D eigenvalue weighted by Crippen LogP contribution is -2.52. The van der Waals surface area contributed by atoms with Gasteiger partial charge >= 0.3 is 0 Å². The van der Waals surface area contributed by atoms with Crippen LogP contribution in [-0.2, 0) is 16.1 Å². The van der Waals surface area contributed by atoms with Gasteiger partial charge in [-0.3, -0.25) is 4.79 Å². The minimum absolute atomic E-state index is 0.0537. The van der Waals surface area contributed by atoms with Crippen LogP contribution in [0.25, 0.3) is 0 Å². The lowest BCUT2D eigenvalue weighted by molar-refractivity contribution is -0.137. The van der Waals surface area contributed by atoms with E-state index in [4.69, 9.17) is 9.57 Å². The normalized spacial score (nSPS) is 22.6. The second-order valence-electron chi connectivity index (χ2n) is 10.8. The Morgan fingerprint density at radius 1 is 1.24 bits per heavy atom. The Bertz CT molecular complexity index is 1010. The summed E-state index contributed by atoms with van der Waals surface area (Å²) in [7, 11) is 0. The predicted molar refractivity (Wildman–Crippen MR) is 140 cm³/mol. The van der Waals surface area contributed by atoms with E-state index >= 15 is 0 Å². The van der Waals surface area contributed by atoms with Crippen LogP contribution in [-0.4, -0.2) is 60.4 Å². The molecule has 0 aromatic heterocycles. The predicted octanol–water partition coefficient (Wildman–Crippen LogP) is 5.35. The van der Waals surface area contributed by atoms with Crippen molar-refractivity contribution in [1.29, 1.82) is 0 Å². The average molecular weight is 516 g/mol. The van der Waals surface area contributed by atoms with Gasteiger partial charge in [-0.25, -0.2) is 8.78 Å². The Hall–Kier alpha value is -2.90. The number of allylic oxidation sites excluding steroid dienone is 1. The van der Waals surface area contributed by atoms with Gasteiger partial charge in [-0.2, -0.15) is 0 Å². The molecule has 1 aromatic rings. The smallest absolute Gasteiger partial charge is 0.227 e. The molecule has 8 heteroatoms. The van der Waals surface area contributed by atoms with Gasteiger partial charge < -0.3 is 19.4 Å². The quantitative estimate of drug-likeness (QED) is 0.214. The first-order valence-corrected chi connectivity index (χ1v) is 13.4. The first-order chi connectivity index (χ1) is 17.7. The molecule has 0 N–H and O–H groups in total. The largest absolute Gasteiger partial charge is 0.493 e. The van der Waals surface area contributed by atoms with Crippen molar-refractivity contribution in [2.75, 3.05) is 32.8 Å². The molecule has 4 rings (SSSR count). The number of carbonyl (C=O) groups excluding carboxylic acids is 1. The van der Waals surface area contributed by atoms with Crippen molar-refractivity contribution in [2.24, 2.45) is 28.8 Å². The fraction of sp³-hybridized carbons (Fsp3) is 0.586. The fourth-order valence-electron chi connectivity index (χ4n) is 5.29. The van der Waals surface area contributed by atoms with Crippen LogP contribution in [0.2, 0.25) is 0 Å². The van der Waals surface area contributed by atoms with Gasteiger partial charge in [0.2, 0.25) is 11.8 Å². The molecule has 2 unspecified atom stereocenters. The number of rotatable bonds is 12. The molecular weight excluding hydrogens is 476 g/mol. The van der Waals surface area contributed by atoms with E-state index in [9.17, 15) is 13.6 Å². The lowest BCUT2D eigenvalue weighted by atomic mass is 9.90. The Kier molecular flexibility index (Phi) is 8.87. The number of alkyl halides is 1. The van der Waals surface area contributed by atoms with Crippen LogP contribution in [0.4, 0.5) is 8.78 Å². The van der Waals surface area contributed by atoms with E-state index < -0.39 is 12.0 Å². The summed E-state index contributed by atoms with van der Waals surface area (Å²) in [6.45, 7) is 14.5. The highest BCUT2D eigenvalue weighted by molar-refractivity contribution is 5.95. The van der Waals surface area contributed by atoms with Gasteiger partial charge in [0.1, 0.15) is 17.7 Å². The van der Waals surface area contributed by atoms with Crippen LogP contribution in [0.1, 0.15) is 45.1 Å². The molecular formula is C29H39F2N3O3. The van der Waals surface area contributed by atoms with Crippen LogP contribution in [0.3, 0.4) is 0 Å². The van der Waals surface area contributed by atoms with Gasteiger partial charge in [-0.05, 0) is 73.6 Å². The summed E-state index contributed by atoms with van der Waals surface area (Å²) in [6.07, 6.45) is 5.11. The summed E-state index contributed by atoms with van der Waals surface area (Å²) >= 11 is 0. The summed E-state index contributed by atoms with van der Waals surface area (Å²) < 4.78 is 33.2. The van der Waals surface area contributed by atoms with E-state index in [1.54, 1.807) is 18.2 Å². The third-order valence-electron chi connectivity index (χ3n) is 7.85. The number of likely N-dealkylation sites (tertiary alicyclic amines) is 2. The van der Waals surface area contributed by atoms with E-state index in [0.29, 0.717) is 35.6 Å². The molecule has 6 nitrogen and oxygen atoms in total. The number of nitrogens with zero attached hydrogens (tertiary/aromatic N) is 3. The van der Waals surface area contributed by atoms with Crippen molar-refractivity contribution in [3.8, 4) is 5.75 Å².